The molecule has 1 amide bonds. The van der Waals surface area contributed by atoms with Gasteiger partial charge in [-0.15, -0.1) is 0 Å². The van der Waals surface area contributed by atoms with E-state index in [1.54, 1.807) is 25.2 Å². The number of carbonyl (C=O) groups excluding carboxylic acids is 1. The number of carbonyl (C=O) groups is 1. The second-order valence-corrected chi connectivity index (χ2v) is 5.37. The maximum Gasteiger partial charge on any atom is 0.282 e. The predicted octanol–water partition coefficient (Wildman–Crippen LogP) is 3.33. The first-order valence-corrected chi connectivity index (χ1v) is 7.58. The SMILES string of the molecule is CCC(=C/COCc1ccccc1)/C(=C\N(C)C)C(=O)N(C)F. The first-order chi connectivity index (χ1) is 11.0. The van der Waals surface area contributed by atoms with E-state index in [0.29, 0.717) is 25.2 Å². The third-order valence-corrected chi connectivity index (χ3v) is 3.18. The Balaban J connectivity index is 2.76. The van der Waals surface area contributed by atoms with Crippen LogP contribution < -0.4 is 0 Å². The molecule has 1 aromatic rings. The lowest BCUT2D eigenvalue weighted by Crippen LogP contribution is -2.22. The molecule has 23 heavy (non-hydrogen) atoms. The van der Waals surface area contributed by atoms with Crippen LogP contribution in [0.15, 0.2) is 53.8 Å². The van der Waals surface area contributed by atoms with Gasteiger partial charge in [0.15, 0.2) is 0 Å². The highest BCUT2D eigenvalue weighted by Gasteiger charge is 2.18. The van der Waals surface area contributed by atoms with E-state index >= 15 is 0 Å². The van der Waals surface area contributed by atoms with Crippen molar-refractivity contribution in [1.29, 1.82) is 0 Å². The summed E-state index contributed by atoms with van der Waals surface area (Å²) < 4.78 is 18.9. The number of benzene rings is 1. The lowest BCUT2D eigenvalue weighted by molar-refractivity contribution is -0.138. The van der Waals surface area contributed by atoms with Gasteiger partial charge in [-0.3, -0.25) is 4.79 Å². The molecule has 0 N–H and O–H groups in total. The molecular weight excluding hydrogens is 295 g/mol. The summed E-state index contributed by atoms with van der Waals surface area (Å²) in [5, 5.41) is 0.101. The van der Waals surface area contributed by atoms with Crippen LogP contribution >= 0.6 is 0 Å². The molecule has 0 aliphatic rings. The maximum absolute atomic E-state index is 13.3. The fourth-order valence-electron chi connectivity index (χ4n) is 2.05. The molecule has 0 atom stereocenters. The minimum absolute atomic E-state index is 0.101. The number of rotatable bonds is 8. The monoisotopic (exact) mass is 320 g/mol. The zero-order valence-corrected chi connectivity index (χ0v) is 14.3. The summed E-state index contributed by atoms with van der Waals surface area (Å²) in [6, 6.07) is 9.85. The highest BCUT2D eigenvalue weighted by molar-refractivity contribution is 5.96. The van der Waals surface area contributed by atoms with E-state index in [0.717, 1.165) is 18.2 Å². The fraction of sp³-hybridized carbons (Fsp3) is 0.389. The third-order valence-electron chi connectivity index (χ3n) is 3.18. The molecule has 0 bridgehead atoms. The van der Waals surface area contributed by atoms with Crippen LogP contribution in [0.1, 0.15) is 18.9 Å². The van der Waals surface area contributed by atoms with Crippen molar-refractivity contribution in [3.8, 4) is 0 Å². The van der Waals surface area contributed by atoms with E-state index < -0.39 is 5.91 Å². The molecule has 0 radical (unpaired) electrons. The molecule has 1 aromatic carbocycles. The van der Waals surface area contributed by atoms with Crippen LogP contribution in [0, 0.1) is 0 Å². The van der Waals surface area contributed by atoms with E-state index in [1.165, 1.54) is 0 Å². The molecule has 126 valence electrons. The Labute approximate surface area is 137 Å². The number of hydrogen-bond acceptors (Lipinski definition) is 3. The van der Waals surface area contributed by atoms with Crippen LogP contribution in [0.3, 0.4) is 0 Å². The lowest BCUT2D eigenvalue weighted by Gasteiger charge is -2.15. The molecule has 0 heterocycles. The first-order valence-electron chi connectivity index (χ1n) is 7.58. The van der Waals surface area contributed by atoms with Crippen molar-refractivity contribution in [2.24, 2.45) is 0 Å². The van der Waals surface area contributed by atoms with Gasteiger partial charge in [-0.25, -0.2) is 0 Å². The smallest absolute Gasteiger partial charge is 0.282 e. The van der Waals surface area contributed by atoms with Gasteiger partial charge in [-0.1, -0.05) is 47.8 Å². The van der Waals surface area contributed by atoms with Crippen molar-refractivity contribution in [2.45, 2.75) is 20.0 Å². The van der Waals surface area contributed by atoms with Gasteiger partial charge in [0, 0.05) is 27.3 Å². The van der Waals surface area contributed by atoms with Crippen molar-refractivity contribution >= 4 is 5.91 Å². The summed E-state index contributed by atoms with van der Waals surface area (Å²) >= 11 is 0. The average molecular weight is 320 g/mol. The van der Waals surface area contributed by atoms with Gasteiger partial charge < -0.3 is 9.64 Å². The molecule has 4 nitrogen and oxygen atoms in total. The first kappa shape index (κ1) is 18.9. The average Bonchev–Trinajstić information content (AvgIpc) is 2.53. The number of hydrogen-bond donors (Lipinski definition) is 0. The minimum Gasteiger partial charge on any atom is -0.383 e. The Kier molecular flexibility index (Phi) is 8.05. The summed E-state index contributed by atoms with van der Waals surface area (Å²) in [4.78, 5) is 13.7. The van der Waals surface area contributed by atoms with E-state index in [-0.39, 0.29) is 5.12 Å². The topological polar surface area (TPSA) is 32.8 Å². The molecular formula is C18H25FN2O2. The van der Waals surface area contributed by atoms with Crippen LogP contribution in [0.2, 0.25) is 0 Å². The molecule has 5 heteroatoms. The molecule has 0 saturated heterocycles. The van der Waals surface area contributed by atoms with Crippen LogP contribution in [0.4, 0.5) is 4.48 Å². The molecule has 0 aliphatic carbocycles. The van der Waals surface area contributed by atoms with E-state index in [2.05, 4.69) is 0 Å². The van der Waals surface area contributed by atoms with Gasteiger partial charge in [0.1, 0.15) is 0 Å². The summed E-state index contributed by atoms with van der Waals surface area (Å²) in [6.07, 6.45) is 4.08. The fourth-order valence-corrected chi connectivity index (χ4v) is 2.05. The zero-order chi connectivity index (χ0) is 17.2. The van der Waals surface area contributed by atoms with Gasteiger partial charge >= 0.3 is 0 Å². The maximum atomic E-state index is 13.3. The zero-order valence-electron chi connectivity index (χ0n) is 14.3. The molecule has 1 rings (SSSR count). The van der Waals surface area contributed by atoms with E-state index in [1.807, 2.05) is 43.3 Å². The van der Waals surface area contributed by atoms with Gasteiger partial charge in [0.2, 0.25) is 0 Å². The Hall–Kier alpha value is -2.14. The highest BCUT2D eigenvalue weighted by Crippen LogP contribution is 2.17. The molecule has 0 aliphatic heterocycles. The van der Waals surface area contributed by atoms with Gasteiger partial charge in [-0.2, -0.15) is 5.12 Å². The predicted molar refractivity (Wildman–Crippen MR) is 90.1 cm³/mol. The van der Waals surface area contributed by atoms with Crippen LogP contribution in [-0.2, 0) is 16.1 Å². The quantitative estimate of drug-likeness (QED) is 0.319. The van der Waals surface area contributed by atoms with E-state index in [4.69, 9.17) is 4.74 Å². The number of nitrogens with zero attached hydrogens (tertiary/aromatic N) is 2. The normalized spacial score (nSPS) is 12.2. The molecule has 0 spiro atoms. The van der Waals surface area contributed by atoms with Gasteiger partial charge in [0.05, 0.1) is 18.8 Å². The van der Waals surface area contributed by atoms with E-state index in [9.17, 15) is 9.28 Å². The Morgan fingerprint density at radius 2 is 1.87 bits per heavy atom. The summed E-state index contributed by atoms with van der Waals surface area (Å²) in [7, 11) is 4.69. The largest absolute Gasteiger partial charge is 0.383 e. The van der Waals surface area contributed by atoms with Crippen LogP contribution in [0.25, 0.3) is 0 Å². The van der Waals surface area contributed by atoms with Crippen LogP contribution in [0.5, 0.6) is 0 Å². The second-order valence-electron chi connectivity index (χ2n) is 5.37. The van der Waals surface area contributed by atoms with Crippen molar-refractivity contribution in [2.75, 3.05) is 27.7 Å². The summed E-state index contributed by atoms with van der Waals surface area (Å²) in [5.74, 6) is -0.658. The van der Waals surface area contributed by atoms with Crippen LogP contribution in [-0.4, -0.2) is 43.7 Å². The summed E-state index contributed by atoms with van der Waals surface area (Å²) in [5.41, 5.74) is 2.19. The number of halogens is 1. The van der Waals surface area contributed by atoms with Gasteiger partial charge in [0.25, 0.3) is 5.91 Å². The molecule has 0 unspecified atom stereocenters. The number of likely N-dealkylation sites (N-methyl/N-ethyl adjacent to an activating group) is 1. The van der Waals surface area contributed by atoms with Crippen molar-refractivity contribution in [3.05, 3.63) is 59.3 Å². The lowest BCUT2D eigenvalue weighted by atomic mass is 10.0. The number of ether oxygens (including phenoxy) is 1. The molecule has 0 saturated carbocycles. The van der Waals surface area contributed by atoms with Crippen molar-refractivity contribution in [1.82, 2.24) is 10.0 Å². The summed E-state index contributed by atoms with van der Waals surface area (Å²) in [6.45, 7) is 2.79. The molecule has 0 aromatic heterocycles. The van der Waals surface area contributed by atoms with Gasteiger partial charge in [-0.05, 0) is 17.6 Å². The number of amides is 1. The Morgan fingerprint density at radius 1 is 1.22 bits per heavy atom. The molecule has 0 fully saturated rings. The minimum atomic E-state index is -0.658. The van der Waals surface area contributed by atoms with Crippen molar-refractivity contribution in [3.63, 3.8) is 0 Å². The van der Waals surface area contributed by atoms with Crippen molar-refractivity contribution < 1.29 is 14.0 Å². The standard InChI is InChI=1S/C18H25FN2O2/c1-5-16(17(13-20(2)3)18(22)21(4)19)11-12-23-14-15-9-7-6-8-10-15/h6-11,13H,5,12,14H2,1-4H3/b16-11-,17-13+. The Bertz CT molecular complexity index is 551. The Morgan fingerprint density at radius 3 is 2.39 bits per heavy atom. The second kappa shape index (κ2) is 9.79. The highest BCUT2D eigenvalue weighted by atomic mass is 19.2. The third kappa shape index (κ3) is 6.65.